The quantitative estimate of drug-likeness (QED) is 0.519. The molecular formula is C16H24O4S. The van der Waals surface area contributed by atoms with E-state index in [1.807, 2.05) is 18.2 Å². The molecule has 0 saturated heterocycles. The van der Waals surface area contributed by atoms with Crippen LogP contribution in [0.5, 0.6) is 0 Å². The maximum Gasteiger partial charge on any atom is 0.303 e. The Kier molecular flexibility index (Phi) is 8.23. The molecule has 3 unspecified atom stereocenters. The zero-order chi connectivity index (χ0) is 15.7. The van der Waals surface area contributed by atoms with E-state index in [0.717, 1.165) is 19.3 Å². The third-order valence-corrected chi connectivity index (χ3v) is 4.79. The summed E-state index contributed by atoms with van der Waals surface area (Å²) in [5.74, 6) is -0.372. The van der Waals surface area contributed by atoms with Gasteiger partial charge in [0.15, 0.2) is 5.44 Å². The van der Waals surface area contributed by atoms with Crippen molar-refractivity contribution in [3.05, 3.63) is 30.3 Å². The van der Waals surface area contributed by atoms with Crippen LogP contribution in [0.2, 0.25) is 0 Å². The summed E-state index contributed by atoms with van der Waals surface area (Å²) in [5, 5.41) is 0. The number of carbonyl (C=O) groups is 1. The number of unbranched alkanes of at least 4 members (excludes halogenated alkanes) is 2. The molecule has 21 heavy (non-hydrogen) atoms. The van der Waals surface area contributed by atoms with Gasteiger partial charge in [0, 0.05) is 18.9 Å². The second kappa shape index (κ2) is 9.68. The largest absolute Gasteiger partial charge is 0.459 e. The van der Waals surface area contributed by atoms with Gasteiger partial charge < -0.3 is 9.47 Å². The Morgan fingerprint density at radius 2 is 1.90 bits per heavy atom. The van der Waals surface area contributed by atoms with Crippen molar-refractivity contribution in [3.8, 4) is 0 Å². The fourth-order valence-electron chi connectivity index (χ4n) is 2.13. The summed E-state index contributed by atoms with van der Waals surface area (Å²) in [6.45, 7) is 3.47. The van der Waals surface area contributed by atoms with Gasteiger partial charge in [0.05, 0.1) is 10.8 Å². The summed E-state index contributed by atoms with van der Waals surface area (Å²) in [7, 11) is 0.129. The number of methoxy groups -OCH3 is 1. The Balaban J connectivity index is 2.84. The van der Waals surface area contributed by atoms with Gasteiger partial charge in [0.1, 0.15) is 6.10 Å². The predicted octanol–water partition coefficient (Wildman–Crippen LogP) is 3.28. The van der Waals surface area contributed by atoms with Gasteiger partial charge in [-0.3, -0.25) is 9.00 Å². The van der Waals surface area contributed by atoms with E-state index in [1.54, 1.807) is 12.1 Å². The first-order valence-electron chi connectivity index (χ1n) is 7.25. The van der Waals surface area contributed by atoms with Crippen LogP contribution in [-0.4, -0.2) is 28.8 Å². The van der Waals surface area contributed by atoms with Crippen LogP contribution in [0.4, 0.5) is 0 Å². The predicted molar refractivity (Wildman–Crippen MR) is 83.3 cm³/mol. The van der Waals surface area contributed by atoms with Gasteiger partial charge in [-0.25, -0.2) is 0 Å². The molecule has 1 rings (SSSR count). The summed E-state index contributed by atoms with van der Waals surface area (Å²) in [4.78, 5) is 12.0. The molecule has 0 spiro atoms. The summed E-state index contributed by atoms with van der Waals surface area (Å²) in [6.07, 6.45) is 3.21. The molecule has 5 heteroatoms. The van der Waals surface area contributed by atoms with Crippen LogP contribution in [0.3, 0.4) is 0 Å². The third kappa shape index (κ3) is 5.98. The number of hydrogen-bond acceptors (Lipinski definition) is 4. The monoisotopic (exact) mass is 312 g/mol. The van der Waals surface area contributed by atoms with Crippen LogP contribution in [0.1, 0.15) is 39.5 Å². The molecule has 3 atom stereocenters. The van der Waals surface area contributed by atoms with Crippen molar-refractivity contribution in [1.82, 2.24) is 0 Å². The van der Waals surface area contributed by atoms with Crippen molar-refractivity contribution < 1.29 is 18.5 Å². The van der Waals surface area contributed by atoms with Crippen LogP contribution in [-0.2, 0) is 25.1 Å². The molecule has 4 nitrogen and oxygen atoms in total. The van der Waals surface area contributed by atoms with Gasteiger partial charge >= 0.3 is 5.97 Å². The van der Waals surface area contributed by atoms with E-state index in [0.29, 0.717) is 11.3 Å². The Bertz CT molecular complexity index is 447. The van der Waals surface area contributed by atoms with Crippen molar-refractivity contribution >= 4 is 16.8 Å². The zero-order valence-corrected chi connectivity index (χ0v) is 13.7. The lowest BCUT2D eigenvalue weighted by molar-refractivity contribution is -0.150. The number of hydrogen-bond donors (Lipinski definition) is 0. The fraction of sp³-hybridized carbons (Fsp3) is 0.562. The molecule has 0 radical (unpaired) electrons. The van der Waals surface area contributed by atoms with Gasteiger partial charge in [0.2, 0.25) is 0 Å². The standard InChI is InChI=1S/C16H24O4S/c1-4-5-7-12-15(20-13(2)17)16(19-3)21(18)14-10-8-6-9-11-14/h6,8-11,15-16H,4-5,7,12H2,1-3H3. The first kappa shape index (κ1) is 17.9. The van der Waals surface area contributed by atoms with E-state index in [-0.39, 0.29) is 5.97 Å². The molecule has 0 aromatic heterocycles. The van der Waals surface area contributed by atoms with E-state index in [4.69, 9.17) is 9.47 Å². The minimum atomic E-state index is -1.37. The average molecular weight is 312 g/mol. The summed E-state index contributed by atoms with van der Waals surface area (Å²) in [5.41, 5.74) is -0.645. The number of ether oxygens (including phenoxy) is 2. The highest BCUT2D eigenvalue weighted by Crippen LogP contribution is 2.20. The fourth-order valence-corrected chi connectivity index (χ4v) is 3.46. The van der Waals surface area contributed by atoms with Crippen LogP contribution in [0.25, 0.3) is 0 Å². The zero-order valence-electron chi connectivity index (χ0n) is 12.9. The number of esters is 1. The van der Waals surface area contributed by atoms with Gasteiger partial charge in [-0.05, 0) is 25.0 Å². The second-order valence-corrected chi connectivity index (χ2v) is 6.39. The lowest BCUT2D eigenvalue weighted by Gasteiger charge is -2.25. The molecule has 1 aromatic rings. The van der Waals surface area contributed by atoms with E-state index >= 15 is 0 Å². The number of rotatable bonds is 9. The van der Waals surface area contributed by atoms with Crippen LogP contribution < -0.4 is 0 Å². The number of carbonyl (C=O) groups excluding carboxylic acids is 1. The maximum atomic E-state index is 12.6. The normalized spacial score (nSPS) is 15.2. The molecular weight excluding hydrogens is 288 g/mol. The van der Waals surface area contributed by atoms with Crippen LogP contribution in [0.15, 0.2) is 35.2 Å². The van der Waals surface area contributed by atoms with E-state index in [1.165, 1.54) is 14.0 Å². The SMILES string of the molecule is CCCCCC(OC(C)=O)C(OC)S(=O)c1ccccc1. The summed E-state index contributed by atoms with van der Waals surface area (Å²) >= 11 is 0. The van der Waals surface area contributed by atoms with Crippen molar-refractivity contribution in [3.63, 3.8) is 0 Å². The Morgan fingerprint density at radius 1 is 1.24 bits per heavy atom. The lowest BCUT2D eigenvalue weighted by Crippen LogP contribution is -2.36. The van der Waals surface area contributed by atoms with Crippen molar-refractivity contribution in [2.75, 3.05) is 7.11 Å². The highest BCUT2D eigenvalue weighted by atomic mass is 32.2. The Labute approximate surface area is 129 Å². The first-order chi connectivity index (χ1) is 10.1. The highest BCUT2D eigenvalue weighted by Gasteiger charge is 2.30. The molecule has 0 N–H and O–H groups in total. The van der Waals surface area contributed by atoms with Gasteiger partial charge in [-0.1, -0.05) is 38.0 Å². The highest BCUT2D eigenvalue weighted by molar-refractivity contribution is 7.85. The smallest absolute Gasteiger partial charge is 0.303 e. The molecule has 0 saturated carbocycles. The van der Waals surface area contributed by atoms with E-state index in [9.17, 15) is 9.00 Å². The van der Waals surface area contributed by atoms with Crippen molar-refractivity contribution in [2.45, 2.75) is 56.0 Å². The van der Waals surface area contributed by atoms with Crippen LogP contribution in [0, 0.1) is 0 Å². The Morgan fingerprint density at radius 3 is 2.43 bits per heavy atom. The average Bonchev–Trinajstić information content (AvgIpc) is 2.48. The molecule has 0 bridgehead atoms. The third-order valence-electron chi connectivity index (χ3n) is 3.13. The molecule has 0 heterocycles. The second-order valence-electron chi connectivity index (χ2n) is 4.86. The molecule has 1 aromatic carbocycles. The van der Waals surface area contributed by atoms with Gasteiger partial charge in [-0.2, -0.15) is 0 Å². The van der Waals surface area contributed by atoms with Crippen molar-refractivity contribution in [2.24, 2.45) is 0 Å². The van der Waals surface area contributed by atoms with Gasteiger partial charge in [-0.15, -0.1) is 0 Å². The minimum Gasteiger partial charge on any atom is -0.459 e. The molecule has 0 aliphatic heterocycles. The van der Waals surface area contributed by atoms with Crippen LogP contribution >= 0.6 is 0 Å². The molecule has 0 amide bonds. The first-order valence-corrected chi connectivity index (χ1v) is 8.47. The van der Waals surface area contributed by atoms with Gasteiger partial charge in [0.25, 0.3) is 0 Å². The Hall–Kier alpha value is -1.20. The maximum absolute atomic E-state index is 12.6. The van der Waals surface area contributed by atoms with Crippen molar-refractivity contribution in [1.29, 1.82) is 0 Å². The summed E-state index contributed by atoms with van der Waals surface area (Å²) < 4.78 is 23.3. The molecule has 0 aliphatic rings. The lowest BCUT2D eigenvalue weighted by atomic mass is 10.1. The molecule has 0 fully saturated rings. The van der Waals surface area contributed by atoms with E-state index in [2.05, 4.69) is 6.92 Å². The van der Waals surface area contributed by atoms with E-state index < -0.39 is 22.3 Å². The molecule has 118 valence electrons. The topological polar surface area (TPSA) is 52.6 Å². The molecule has 0 aliphatic carbocycles. The minimum absolute atomic E-state index is 0.372. The number of benzene rings is 1. The summed E-state index contributed by atoms with van der Waals surface area (Å²) in [6, 6.07) is 9.11.